The Morgan fingerprint density at radius 3 is 2.95 bits per heavy atom. The monoisotopic (exact) mass is 260 g/mol. The molecule has 2 heterocycles. The number of rotatable bonds is 7. The molecule has 1 unspecified atom stereocenters. The highest BCUT2D eigenvalue weighted by atomic mass is 15.1. The zero-order valence-electron chi connectivity index (χ0n) is 11.1. The predicted molar refractivity (Wildman–Crippen MR) is 76.9 cm³/mol. The van der Waals surface area contributed by atoms with Crippen LogP contribution < -0.4 is 16.4 Å². The van der Waals surface area contributed by atoms with Gasteiger partial charge in [0.25, 0.3) is 0 Å². The molecule has 0 saturated heterocycles. The lowest BCUT2D eigenvalue weighted by molar-refractivity contribution is 0.713. The largest absolute Gasteiger partial charge is 0.367 e. The fourth-order valence-corrected chi connectivity index (χ4v) is 1.77. The van der Waals surface area contributed by atoms with Crippen molar-refractivity contribution in [2.75, 3.05) is 17.2 Å². The Labute approximate surface area is 112 Å². The van der Waals surface area contributed by atoms with E-state index in [1.807, 2.05) is 24.4 Å². The van der Waals surface area contributed by atoms with E-state index in [-0.39, 0.29) is 0 Å². The van der Waals surface area contributed by atoms with Gasteiger partial charge in [-0.2, -0.15) is 0 Å². The smallest absolute Gasteiger partial charge is 0.131 e. The normalized spacial score (nSPS) is 12.1. The van der Waals surface area contributed by atoms with Gasteiger partial charge in [-0.3, -0.25) is 0 Å². The van der Waals surface area contributed by atoms with Gasteiger partial charge in [0.1, 0.15) is 18.0 Å². The van der Waals surface area contributed by atoms with Crippen molar-refractivity contribution in [3.8, 4) is 0 Å². The van der Waals surface area contributed by atoms with E-state index in [1.165, 1.54) is 0 Å². The molecule has 102 valence electrons. The molecular formula is C13H20N6. The minimum atomic E-state index is 0.302. The molecule has 2 rings (SSSR count). The van der Waals surface area contributed by atoms with Crippen LogP contribution in [0.15, 0.2) is 30.7 Å². The summed E-state index contributed by atoms with van der Waals surface area (Å²) in [6.45, 7) is 3.46. The third kappa shape index (κ3) is 4.26. The number of nitrogens with zero attached hydrogens (tertiary/aromatic N) is 2. The molecule has 0 aliphatic heterocycles. The second-order valence-corrected chi connectivity index (χ2v) is 4.46. The standard InChI is InChI=1S/C13H20N6/c1-10(4-5-14)19-13-7-12(17-9-18-13)16-8-11-3-2-6-15-11/h2-3,6-7,9-10,15H,4-5,8,14H2,1H3,(H2,16,17,18,19). The van der Waals surface area contributed by atoms with Crippen LogP contribution in [0.5, 0.6) is 0 Å². The molecule has 0 aliphatic rings. The maximum absolute atomic E-state index is 5.53. The van der Waals surface area contributed by atoms with E-state index in [9.17, 15) is 0 Å². The summed E-state index contributed by atoms with van der Waals surface area (Å²) >= 11 is 0. The van der Waals surface area contributed by atoms with Crippen LogP contribution in [0.3, 0.4) is 0 Å². The average molecular weight is 260 g/mol. The van der Waals surface area contributed by atoms with E-state index in [2.05, 4.69) is 32.5 Å². The van der Waals surface area contributed by atoms with E-state index in [1.54, 1.807) is 6.33 Å². The fourth-order valence-electron chi connectivity index (χ4n) is 1.77. The Morgan fingerprint density at radius 1 is 1.37 bits per heavy atom. The average Bonchev–Trinajstić information content (AvgIpc) is 2.90. The molecule has 0 spiro atoms. The van der Waals surface area contributed by atoms with Crippen molar-refractivity contribution in [1.29, 1.82) is 0 Å². The molecule has 0 radical (unpaired) electrons. The summed E-state index contributed by atoms with van der Waals surface area (Å²) in [5.41, 5.74) is 6.64. The van der Waals surface area contributed by atoms with Gasteiger partial charge < -0.3 is 21.4 Å². The van der Waals surface area contributed by atoms with Crippen LogP contribution >= 0.6 is 0 Å². The SMILES string of the molecule is CC(CCN)Nc1cc(NCc2ccc[nH]2)ncn1. The van der Waals surface area contributed by atoms with Gasteiger partial charge in [0.2, 0.25) is 0 Å². The Morgan fingerprint density at radius 2 is 2.21 bits per heavy atom. The first-order valence-electron chi connectivity index (χ1n) is 6.42. The topological polar surface area (TPSA) is 91.7 Å². The minimum absolute atomic E-state index is 0.302. The summed E-state index contributed by atoms with van der Waals surface area (Å²) in [7, 11) is 0. The Bertz CT molecular complexity index is 482. The van der Waals surface area contributed by atoms with Gasteiger partial charge in [0.05, 0.1) is 6.54 Å². The summed E-state index contributed by atoms with van der Waals surface area (Å²) in [6.07, 6.45) is 4.36. The van der Waals surface area contributed by atoms with E-state index in [0.717, 1.165) is 23.8 Å². The van der Waals surface area contributed by atoms with Crippen LogP contribution in [0.25, 0.3) is 0 Å². The maximum Gasteiger partial charge on any atom is 0.131 e. The molecule has 0 aromatic carbocycles. The molecule has 6 nitrogen and oxygen atoms in total. The van der Waals surface area contributed by atoms with Crippen LogP contribution in [0.1, 0.15) is 19.0 Å². The molecule has 0 saturated carbocycles. The van der Waals surface area contributed by atoms with Gasteiger partial charge >= 0.3 is 0 Å². The van der Waals surface area contributed by atoms with Crippen molar-refractivity contribution >= 4 is 11.6 Å². The second-order valence-electron chi connectivity index (χ2n) is 4.46. The molecule has 6 heteroatoms. The maximum atomic E-state index is 5.53. The van der Waals surface area contributed by atoms with Crippen molar-refractivity contribution in [1.82, 2.24) is 15.0 Å². The van der Waals surface area contributed by atoms with Crippen LogP contribution in [0.2, 0.25) is 0 Å². The molecule has 0 bridgehead atoms. The number of aromatic nitrogens is 3. The first-order valence-corrected chi connectivity index (χ1v) is 6.42. The molecule has 19 heavy (non-hydrogen) atoms. The molecule has 5 N–H and O–H groups in total. The molecule has 2 aromatic heterocycles. The van der Waals surface area contributed by atoms with Crippen molar-refractivity contribution in [3.05, 3.63) is 36.4 Å². The van der Waals surface area contributed by atoms with Crippen molar-refractivity contribution in [2.24, 2.45) is 5.73 Å². The lowest BCUT2D eigenvalue weighted by Crippen LogP contribution is -2.20. The number of anilines is 2. The number of hydrogen-bond donors (Lipinski definition) is 4. The van der Waals surface area contributed by atoms with E-state index >= 15 is 0 Å². The van der Waals surface area contributed by atoms with Gasteiger partial charge in [0, 0.05) is 24.0 Å². The number of nitrogens with one attached hydrogen (secondary N) is 3. The number of hydrogen-bond acceptors (Lipinski definition) is 5. The van der Waals surface area contributed by atoms with Crippen LogP contribution in [0, 0.1) is 0 Å². The highest BCUT2D eigenvalue weighted by Crippen LogP contribution is 2.11. The lowest BCUT2D eigenvalue weighted by atomic mass is 10.2. The third-order valence-electron chi connectivity index (χ3n) is 2.78. The van der Waals surface area contributed by atoms with Gasteiger partial charge in [0.15, 0.2) is 0 Å². The zero-order chi connectivity index (χ0) is 13.5. The van der Waals surface area contributed by atoms with Crippen LogP contribution in [-0.2, 0) is 6.54 Å². The molecule has 0 aliphatic carbocycles. The fraction of sp³-hybridized carbons (Fsp3) is 0.385. The second kappa shape index (κ2) is 6.75. The van der Waals surface area contributed by atoms with E-state index in [0.29, 0.717) is 19.1 Å². The Hall–Kier alpha value is -2.08. The molecule has 0 fully saturated rings. The van der Waals surface area contributed by atoms with Crippen LogP contribution in [-0.4, -0.2) is 27.5 Å². The quantitative estimate of drug-likeness (QED) is 0.606. The number of nitrogens with two attached hydrogens (primary N) is 1. The first-order chi connectivity index (χ1) is 9.28. The molecule has 2 aromatic rings. The van der Waals surface area contributed by atoms with Gasteiger partial charge in [-0.15, -0.1) is 0 Å². The zero-order valence-corrected chi connectivity index (χ0v) is 11.1. The molecule has 1 atom stereocenters. The van der Waals surface area contributed by atoms with Gasteiger partial charge in [-0.1, -0.05) is 0 Å². The summed E-state index contributed by atoms with van der Waals surface area (Å²) in [4.78, 5) is 11.5. The number of aromatic amines is 1. The third-order valence-corrected chi connectivity index (χ3v) is 2.78. The van der Waals surface area contributed by atoms with Crippen molar-refractivity contribution in [3.63, 3.8) is 0 Å². The van der Waals surface area contributed by atoms with E-state index in [4.69, 9.17) is 5.73 Å². The van der Waals surface area contributed by atoms with Crippen molar-refractivity contribution in [2.45, 2.75) is 25.9 Å². The minimum Gasteiger partial charge on any atom is -0.367 e. The molecule has 0 amide bonds. The van der Waals surface area contributed by atoms with Crippen molar-refractivity contribution < 1.29 is 0 Å². The van der Waals surface area contributed by atoms with E-state index < -0.39 is 0 Å². The van der Waals surface area contributed by atoms with Gasteiger partial charge in [-0.05, 0) is 32.0 Å². The lowest BCUT2D eigenvalue weighted by Gasteiger charge is -2.13. The Balaban J connectivity index is 1.91. The number of H-pyrrole nitrogens is 1. The predicted octanol–water partition coefficient (Wildman–Crippen LogP) is 1.57. The Kier molecular flexibility index (Phi) is 4.74. The summed E-state index contributed by atoms with van der Waals surface area (Å²) in [6, 6.07) is 6.20. The summed E-state index contributed by atoms with van der Waals surface area (Å²) in [5.74, 6) is 1.61. The molecular weight excluding hydrogens is 240 g/mol. The summed E-state index contributed by atoms with van der Waals surface area (Å²) in [5, 5.41) is 6.54. The van der Waals surface area contributed by atoms with Crippen LogP contribution in [0.4, 0.5) is 11.6 Å². The first kappa shape index (κ1) is 13.4. The highest BCUT2D eigenvalue weighted by Gasteiger charge is 2.03. The van der Waals surface area contributed by atoms with Gasteiger partial charge in [-0.25, -0.2) is 9.97 Å². The summed E-state index contributed by atoms with van der Waals surface area (Å²) < 4.78 is 0. The highest BCUT2D eigenvalue weighted by molar-refractivity contribution is 5.46.